The SMILES string of the molecule is CC(C)Oc1ccc(C(=O)N2CCCN(C(=O)C3CCCC3)CC2)cc1. The predicted octanol–water partition coefficient (Wildman–Crippen LogP) is 3.34. The van der Waals surface area contributed by atoms with Crippen molar-refractivity contribution in [1.82, 2.24) is 9.80 Å². The molecule has 3 rings (SSSR count). The Labute approximate surface area is 156 Å². The molecule has 0 bridgehead atoms. The van der Waals surface area contributed by atoms with E-state index in [4.69, 9.17) is 4.74 Å². The Bertz CT molecular complexity index is 621. The summed E-state index contributed by atoms with van der Waals surface area (Å²) < 4.78 is 5.63. The summed E-state index contributed by atoms with van der Waals surface area (Å²) in [6.07, 6.45) is 5.37. The molecule has 0 unspecified atom stereocenters. The van der Waals surface area contributed by atoms with Crippen LogP contribution in [0.1, 0.15) is 56.3 Å². The van der Waals surface area contributed by atoms with Crippen LogP contribution in [0.15, 0.2) is 24.3 Å². The van der Waals surface area contributed by atoms with E-state index >= 15 is 0 Å². The van der Waals surface area contributed by atoms with E-state index in [2.05, 4.69) is 0 Å². The van der Waals surface area contributed by atoms with Gasteiger partial charge in [-0.15, -0.1) is 0 Å². The molecule has 0 aromatic heterocycles. The van der Waals surface area contributed by atoms with E-state index in [-0.39, 0.29) is 17.9 Å². The van der Waals surface area contributed by atoms with Gasteiger partial charge in [-0.3, -0.25) is 9.59 Å². The molecule has 1 heterocycles. The zero-order valence-corrected chi connectivity index (χ0v) is 15.9. The number of hydrogen-bond donors (Lipinski definition) is 0. The molecule has 0 N–H and O–H groups in total. The fourth-order valence-corrected chi connectivity index (χ4v) is 3.90. The van der Waals surface area contributed by atoms with Gasteiger partial charge in [-0.1, -0.05) is 12.8 Å². The number of rotatable bonds is 4. The molecule has 2 aliphatic rings. The third-order valence-corrected chi connectivity index (χ3v) is 5.27. The van der Waals surface area contributed by atoms with Gasteiger partial charge in [-0.2, -0.15) is 0 Å². The van der Waals surface area contributed by atoms with Gasteiger partial charge in [-0.25, -0.2) is 0 Å². The topological polar surface area (TPSA) is 49.9 Å². The Morgan fingerprint density at radius 3 is 2.19 bits per heavy atom. The van der Waals surface area contributed by atoms with Gasteiger partial charge in [0.05, 0.1) is 6.10 Å². The van der Waals surface area contributed by atoms with Crippen molar-refractivity contribution in [2.45, 2.75) is 52.1 Å². The Kier molecular flexibility index (Phi) is 6.17. The molecule has 1 aliphatic carbocycles. The Morgan fingerprint density at radius 1 is 0.923 bits per heavy atom. The van der Waals surface area contributed by atoms with Crippen LogP contribution in [0.25, 0.3) is 0 Å². The highest BCUT2D eigenvalue weighted by atomic mass is 16.5. The van der Waals surface area contributed by atoms with Crippen LogP contribution >= 0.6 is 0 Å². The average molecular weight is 358 g/mol. The number of benzene rings is 1. The number of carbonyl (C=O) groups excluding carboxylic acids is 2. The molecule has 1 aromatic rings. The first-order valence-electron chi connectivity index (χ1n) is 9.89. The van der Waals surface area contributed by atoms with Gasteiger partial charge in [0.25, 0.3) is 5.91 Å². The largest absolute Gasteiger partial charge is 0.491 e. The molecular formula is C21H30N2O3. The first-order chi connectivity index (χ1) is 12.5. The number of hydrogen-bond acceptors (Lipinski definition) is 3. The van der Waals surface area contributed by atoms with E-state index in [1.54, 1.807) is 0 Å². The van der Waals surface area contributed by atoms with Gasteiger partial charge >= 0.3 is 0 Å². The maximum absolute atomic E-state index is 12.8. The second kappa shape index (κ2) is 8.56. The van der Waals surface area contributed by atoms with Gasteiger partial charge in [0.2, 0.25) is 5.91 Å². The standard InChI is InChI=1S/C21H30N2O3/c1-16(2)26-19-10-8-18(9-11-19)21(25)23-13-5-12-22(14-15-23)20(24)17-6-3-4-7-17/h8-11,16-17H,3-7,12-15H2,1-2H3. The van der Waals surface area contributed by atoms with Gasteiger partial charge < -0.3 is 14.5 Å². The second-order valence-electron chi connectivity index (χ2n) is 7.64. The Hall–Kier alpha value is -2.04. The van der Waals surface area contributed by atoms with Crippen LogP contribution in [-0.4, -0.2) is 53.9 Å². The summed E-state index contributed by atoms with van der Waals surface area (Å²) in [6.45, 7) is 6.69. The summed E-state index contributed by atoms with van der Waals surface area (Å²) in [7, 11) is 0. The molecule has 0 spiro atoms. The third-order valence-electron chi connectivity index (χ3n) is 5.27. The van der Waals surface area contributed by atoms with Crippen LogP contribution in [0.5, 0.6) is 5.75 Å². The van der Waals surface area contributed by atoms with Crippen molar-refractivity contribution in [3.05, 3.63) is 29.8 Å². The first-order valence-corrected chi connectivity index (χ1v) is 9.89. The molecule has 0 radical (unpaired) electrons. The van der Waals surface area contributed by atoms with E-state index in [1.807, 2.05) is 47.9 Å². The second-order valence-corrected chi connectivity index (χ2v) is 7.64. The average Bonchev–Trinajstić information content (AvgIpc) is 3.05. The summed E-state index contributed by atoms with van der Waals surface area (Å²) in [6, 6.07) is 7.35. The van der Waals surface area contributed by atoms with E-state index < -0.39 is 0 Å². The summed E-state index contributed by atoms with van der Waals surface area (Å²) in [5.41, 5.74) is 0.677. The number of nitrogens with zero attached hydrogens (tertiary/aromatic N) is 2. The number of amides is 2. The van der Waals surface area contributed by atoms with Gasteiger partial charge in [0.15, 0.2) is 0 Å². The van der Waals surface area contributed by atoms with Gasteiger partial charge in [0, 0.05) is 37.7 Å². The van der Waals surface area contributed by atoms with Gasteiger partial charge in [0.1, 0.15) is 5.75 Å². The molecule has 1 saturated heterocycles. The van der Waals surface area contributed by atoms with Crippen LogP contribution in [0, 0.1) is 5.92 Å². The lowest BCUT2D eigenvalue weighted by Crippen LogP contribution is -2.39. The Balaban J connectivity index is 1.57. The van der Waals surface area contributed by atoms with E-state index in [9.17, 15) is 9.59 Å². The zero-order chi connectivity index (χ0) is 18.5. The van der Waals surface area contributed by atoms with Crippen LogP contribution in [-0.2, 0) is 4.79 Å². The van der Waals surface area contributed by atoms with Crippen molar-refractivity contribution in [2.75, 3.05) is 26.2 Å². The molecule has 1 aromatic carbocycles. The smallest absolute Gasteiger partial charge is 0.253 e. The summed E-state index contributed by atoms with van der Waals surface area (Å²) in [4.78, 5) is 29.3. The van der Waals surface area contributed by atoms with Crippen molar-refractivity contribution in [3.8, 4) is 5.75 Å². The molecular weight excluding hydrogens is 328 g/mol. The fourth-order valence-electron chi connectivity index (χ4n) is 3.90. The molecule has 5 heteroatoms. The molecule has 1 aliphatic heterocycles. The highest BCUT2D eigenvalue weighted by Gasteiger charge is 2.29. The molecule has 2 fully saturated rings. The van der Waals surface area contributed by atoms with E-state index in [1.165, 1.54) is 12.8 Å². The molecule has 2 amide bonds. The first kappa shape index (κ1) is 18.7. The lowest BCUT2D eigenvalue weighted by atomic mass is 10.1. The summed E-state index contributed by atoms with van der Waals surface area (Å²) in [5, 5.41) is 0. The highest BCUT2D eigenvalue weighted by molar-refractivity contribution is 5.94. The Morgan fingerprint density at radius 2 is 1.54 bits per heavy atom. The normalized spacial score (nSPS) is 18.9. The molecule has 5 nitrogen and oxygen atoms in total. The maximum atomic E-state index is 12.8. The molecule has 0 atom stereocenters. The predicted molar refractivity (Wildman–Crippen MR) is 101 cm³/mol. The van der Waals surface area contributed by atoms with Crippen molar-refractivity contribution in [1.29, 1.82) is 0 Å². The van der Waals surface area contributed by atoms with Crippen LogP contribution < -0.4 is 4.74 Å². The minimum absolute atomic E-state index is 0.0382. The zero-order valence-electron chi connectivity index (χ0n) is 15.9. The van der Waals surface area contributed by atoms with E-state index in [0.29, 0.717) is 31.1 Å². The number of ether oxygens (including phenoxy) is 1. The monoisotopic (exact) mass is 358 g/mol. The third kappa shape index (κ3) is 4.57. The van der Waals surface area contributed by atoms with Crippen molar-refractivity contribution in [2.24, 2.45) is 5.92 Å². The van der Waals surface area contributed by atoms with Crippen molar-refractivity contribution < 1.29 is 14.3 Å². The van der Waals surface area contributed by atoms with Crippen molar-refractivity contribution in [3.63, 3.8) is 0 Å². The summed E-state index contributed by atoms with van der Waals surface area (Å²) >= 11 is 0. The molecule has 142 valence electrons. The van der Waals surface area contributed by atoms with Crippen LogP contribution in [0.2, 0.25) is 0 Å². The minimum Gasteiger partial charge on any atom is -0.491 e. The summed E-state index contributed by atoms with van der Waals surface area (Å²) in [5.74, 6) is 1.33. The van der Waals surface area contributed by atoms with Crippen LogP contribution in [0.4, 0.5) is 0 Å². The lowest BCUT2D eigenvalue weighted by Gasteiger charge is -2.24. The van der Waals surface area contributed by atoms with Gasteiger partial charge in [-0.05, 0) is 57.4 Å². The molecule has 26 heavy (non-hydrogen) atoms. The van der Waals surface area contributed by atoms with Crippen molar-refractivity contribution >= 4 is 11.8 Å². The number of carbonyl (C=O) groups is 2. The lowest BCUT2D eigenvalue weighted by molar-refractivity contribution is -0.135. The quantitative estimate of drug-likeness (QED) is 0.829. The highest BCUT2D eigenvalue weighted by Crippen LogP contribution is 2.27. The van der Waals surface area contributed by atoms with E-state index in [0.717, 1.165) is 31.6 Å². The van der Waals surface area contributed by atoms with Crippen LogP contribution in [0.3, 0.4) is 0 Å². The molecule has 1 saturated carbocycles. The maximum Gasteiger partial charge on any atom is 0.253 e. The minimum atomic E-state index is 0.0382. The fraction of sp³-hybridized carbons (Fsp3) is 0.619.